The van der Waals surface area contributed by atoms with Crippen LogP contribution in [-0.2, 0) is 11.2 Å². The Balaban J connectivity index is 2.43. The molecule has 1 aromatic heterocycles. The number of hydrogen-bond donors (Lipinski definition) is 0. The minimum absolute atomic E-state index is 0.180. The standard InChI is InChI=1S/C9H11BrOS/c1-7(6-11)2-3-9-8(10)4-5-12-9/h4-7H,2-3H2,1H3. The van der Waals surface area contributed by atoms with Crippen molar-refractivity contribution in [1.82, 2.24) is 0 Å². The van der Waals surface area contributed by atoms with Crippen molar-refractivity contribution < 1.29 is 4.79 Å². The molecule has 1 unspecified atom stereocenters. The third-order valence-electron chi connectivity index (χ3n) is 1.75. The van der Waals surface area contributed by atoms with Gasteiger partial charge in [0.05, 0.1) is 0 Å². The second kappa shape index (κ2) is 4.77. The number of carbonyl (C=O) groups is 1. The lowest BCUT2D eigenvalue weighted by Crippen LogP contribution is -1.97. The van der Waals surface area contributed by atoms with Crippen molar-refractivity contribution in [2.75, 3.05) is 0 Å². The van der Waals surface area contributed by atoms with Crippen LogP contribution >= 0.6 is 27.3 Å². The summed E-state index contributed by atoms with van der Waals surface area (Å²) in [5.74, 6) is 0.180. The van der Waals surface area contributed by atoms with Crippen LogP contribution in [0, 0.1) is 5.92 Å². The maximum absolute atomic E-state index is 10.3. The maximum atomic E-state index is 10.3. The predicted molar refractivity (Wildman–Crippen MR) is 55.6 cm³/mol. The second-order valence-electron chi connectivity index (χ2n) is 2.84. The first kappa shape index (κ1) is 9.93. The number of aryl methyl sites for hydroxylation is 1. The number of carbonyl (C=O) groups excluding carboxylic acids is 1. The van der Waals surface area contributed by atoms with Crippen LogP contribution in [0.4, 0.5) is 0 Å². The molecule has 0 N–H and O–H groups in total. The number of thiophene rings is 1. The van der Waals surface area contributed by atoms with Gasteiger partial charge < -0.3 is 4.79 Å². The molecule has 12 heavy (non-hydrogen) atoms. The normalized spacial score (nSPS) is 12.8. The molecule has 1 rings (SSSR count). The summed E-state index contributed by atoms with van der Waals surface area (Å²) in [6, 6.07) is 2.05. The molecule has 0 aliphatic rings. The van der Waals surface area contributed by atoms with Crippen LogP contribution in [0.5, 0.6) is 0 Å². The summed E-state index contributed by atoms with van der Waals surface area (Å²) < 4.78 is 1.17. The first-order valence-electron chi connectivity index (χ1n) is 3.91. The Morgan fingerprint density at radius 2 is 2.50 bits per heavy atom. The zero-order valence-corrected chi connectivity index (χ0v) is 9.32. The Kier molecular flexibility index (Phi) is 3.95. The fraction of sp³-hybridized carbons (Fsp3) is 0.444. The SMILES string of the molecule is CC(C=O)CCc1sccc1Br. The highest BCUT2D eigenvalue weighted by Gasteiger charge is 2.04. The minimum Gasteiger partial charge on any atom is -0.303 e. The maximum Gasteiger partial charge on any atom is 0.122 e. The van der Waals surface area contributed by atoms with Crippen LogP contribution in [-0.4, -0.2) is 6.29 Å². The van der Waals surface area contributed by atoms with Gasteiger partial charge in [0.1, 0.15) is 6.29 Å². The molecule has 3 heteroatoms. The van der Waals surface area contributed by atoms with Crippen LogP contribution in [0.15, 0.2) is 15.9 Å². The monoisotopic (exact) mass is 246 g/mol. The largest absolute Gasteiger partial charge is 0.303 e. The van der Waals surface area contributed by atoms with E-state index in [1.807, 2.05) is 13.0 Å². The summed E-state index contributed by atoms with van der Waals surface area (Å²) in [6.07, 6.45) is 2.96. The highest BCUT2D eigenvalue weighted by Crippen LogP contribution is 2.24. The molecule has 0 aliphatic heterocycles. The van der Waals surface area contributed by atoms with Gasteiger partial charge in [-0.15, -0.1) is 11.3 Å². The van der Waals surface area contributed by atoms with Gasteiger partial charge in [0.15, 0.2) is 0 Å². The Hall–Kier alpha value is -0.150. The molecule has 0 radical (unpaired) electrons. The van der Waals surface area contributed by atoms with Crippen molar-refractivity contribution in [3.05, 3.63) is 20.8 Å². The van der Waals surface area contributed by atoms with Crippen molar-refractivity contribution >= 4 is 33.6 Å². The molecule has 0 bridgehead atoms. The number of rotatable bonds is 4. The van der Waals surface area contributed by atoms with Crippen molar-refractivity contribution in [1.29, 1.82) is 0 Å². The fourth-order valence-electron chi connectivity index (χ4n) is 0.930. The molecule has 1 nitrogen and oxygen atoms in total. The molecule has 1 aromatic rings. The molecule has 1 atom stereocenters. The zero-order valence-electron chi connectivity index (χ0n) is 6.92. The Bertz CT molecular complexity index is 257. The molecule has 66 valence electrons. The molecule has 0 saturated heterocycles. The Morgan fingerprint density at radius 1 is 1.75 bits per heavy atom. The van der Waals surface area contributed by atoms with Crippen LogP contribution in [0.3, 0.4) is 0 Å². The molecule has 0 amide bonds. The quantitative estimate of drug-likeness (QED) is 0.746. The number of hydrogen-bond acceptors (Lipinski definition) is 2. The van der Waals surface area contributed by atoms with Crippen LogP contribution in [0.1, 0.15) is 18.2 Å². The van der Waals surface area contributed by atoms with Gasteiger partial charge in [-0.3, -0.25) is 0 Å². The average molecular weight is 247 g/mol. The second-order valence-corrected chi connectivity index (χ2v) is 4.70. The third-order valence-corrected chi connectivity index (χ3v) is 3.74. The van der Waals surface area contributed by atoms with E-state index in [1.54, 1.807) is 11.3 Å². The highest BCUT2D eigenvalue weighted by atomic mass is 79.9. The molecule has 0 saturated carbocycles. The van der Waals surface area contributed by atoms with Gasteiger partial charge in [-0.2, -0.15) is 0 Å². The summed E-state index contributed by atoms with van der Waals surface area (Å²) in [6.45, 7) is 1.95. The third kappa shape index (κ3) is 2.72. The Morgan fingerprint density at radius 3 is 3.00 bits per heavy atom. The summed E-state index contributed by atoms with van der Waals surface area (Å²) >= 11 is 5.20. The first-order valence-corrected chi connectivity index (χ1v) is 5.58. The zero-order chi connectivity index (χ0) is 8.97. The van der Waals surface area contributed by atoms with E-state index in [-0.39, 0.29) is 5.92 Å². The minimum atomic E-state index is 0.180. The summed E-state index contributed by atoms with van der Waals surface area (Å²) in [5.41, 5.74) is 0. The van der Waals surface area contributed by atoms with Crippen molar-refractivity contribution in [3.63, 3.8) is 0 Å². The van der Waals surface area contributed by atoms with E-state index < -0.39 is 0 Å². The van der Waals surface area contributed by atoms with Crippen molar-refractivity contribution in [2.45, 2.75) is 19.8 Å². The molecule has 1 heterocycles. The van der Waals surface area contributed by atoms with Gasteiger partial charge in [-0.1, -0.05) is 6.92 Å². The molecule has 0 fully saturated rings. The molecular weight excluding hydrogens is 236 g/mol. The van der Waals surface area contributed by atoms with Crippen molar-refractivity contribution in [3.8, 4) is 0 Å². The average Bonchev–Trinajstić information content (AvgIpc) is 2.47. The van der Waals surface area contributed by atoms with Gasteiger partial charge >= 0.3 is 0 Å². The van der Waals surface area contributed by atoms with Gasteiger partial charge in [-0.25, -0.2) is 0 Å². The van der Waals surface area contributed by atoms with E-state index in [2.05, 4.69) is 21.3 Å². The summed E-state index contributed by atoms with van der Waals surface area (Å²) in [7, 11) is 0. The van der Waals surface area contributed by atoms with Crippen molar-refractivity contribution in [2.24, 2.45) is 5.92 Å². The highest BCUT2D eigenvalue weighted by molar-refractivity contribution is 9.10. The van der Waals surface area contributed by atoms with E-state index in [0.717, 1.165) is 19.1 Å². The molecule has 0 spiro atoms. The van der Waals surface area contributed by atoms with E-state index in [1.165, 1.54) is 9.35 Å². The van der Waals surface area contributed by atoms with Crippen LogP contribution < -0.4 is 0 Å². The number of halogens is 1. The first-order chi connectivity index (χ1) is 5.74. The van der Waals surface area contributed by atoms with Gasteiger partial charge in [0, 0.05) is 15.3 Å². The summed E-state index contributed by atoms with van der Waals surface area (Å²) in [4.78, 5) is 11.7. The van der Waals surface area contributed by atoms with Gasteiger partial charge in [0.2, 0.25) is 0 Å². The lowest BCUT2D eigenvalue weighted by Gasteiger charge is -2.01. The molecule has 0 aliphatic carbocycles. The smallest absolute Gasteiger partial charge is 0.122 e. The van der Waals surface area contributed by atoms with Crippen LogP contribution in [0.2, 0.25) is 0 Å². The molecular formula is C9H11BrOS. The Labute approximate surface area is 84.9 Å². The van der Waals surface area contributed by atoms with E-state index >= 15 is 0 Å². The summed E-state index contributed by atoms with van der Waals surface area (Å²) in [5, 5.41) is 2.06. The van der Waals surface area contributed by atoms with E-state index in [9.17, 15) is 4.79 Å². The van der Waals surface area contributed by atoms with Gasteiger partial charge in [0.25, 0.3) is 0 Å². The number of aldehydes is 1. The fourth-order valence-corrected chi connectivity index (χ4v) is 2.50. The van der Waals surface area contributed by atoms with Gasteiger partial charge in [-0.05, 0) is 40.2 Å². The lowest BCUT2D eigenvalue weighted by atomic mass is 10.1. The van der Waals surface area contributed by atoms with E-state index in [4.69, 9.17) is 0 Å². The van der Waals surface area contributed by atoms with Crippen LogP contribution in [0.25, 0.3) is 0 Å². The topological polar surface area (TPSA) is 17.1 Å². The predicted octanol–water partition coefficient (Wildman–Crippen LogP) is 3.28. The lowest BCUT2D eigenvalue weighted by molar-refractivity contribution is -0.110. The molecule has 0 aromatic carbocycles. The van der Waals surface area contributed by atoms with E-state index in [0.29, 0.717) is 0 Å².